The van der Waals surface area contributed by atoms with Crippen LogP contribution in [-0.2, 0) is 22.0 Å². The van der Waals surface area contributed by atoms with Crippen molar-refractivity contribution in [1.29, 1.82) is 0 Å². The highest BCUT2D eigenvalue weighted by Gasteiger charge is 2.31. The molecule has 1 unspecified atom stereocenters. The van der Waals surface area contributed by atoms with Crippen molar-refractivity contribution in [2.45, 2.75) is 49.1 Å². The summed E-state index contributed by atoms with van der Waals surface area (Å²) in [7, 11) is 0.702. The van der Waals surface area contributed by atoms with Gasteiger partial charge in [0.25, 0.3) is 0 Å². The van der Waals surface area contributed by atoms with Crippen LogP contribution in [0.4, 0.5) is 16.2 Å². The topological polar surface area (TPSA) is 87.7 Å². The third-order valence-electron chi connectivity index (χ3n) is 6.48. The Morgan fingerprint density at radius 1 is 1.12 bits per heavy atom. The fourth-order valence-corrected chi connectivity index (χ4v) is 5.94. The van der Waals surface area contributed by atoms with E-state index in [1.54, 1.807) is 17.0 Å². The molecule has 8 nitrogen and oxygen atoms in total. The minimum absolute atomic E-state index is 0.0570. The Morgan fingerprint density at radius 3 is 2.61 bits per heavy atom. The van der Waals surface area contributed by atoms with Gasteiger partial charge in [0.15, 0.2) is 0 Å². The number of piperidine rings is 2. The Hall–Kier alpha value is -2.75. The highest BCUT2D eigenvalue weighted by atomic mass is 32.2. The zero-order valence-electron chi connectivity index (χ0n) is 18.6. The molecule has 0 bridgehead atoms. The zero-order valence-corrected chi connectivity index (χ0v) is 19.4. The maximum absolute atomic E-state index is 13.1. The summed E-state index contributed by atoms with van der Waals surface area (Å²) >= 11 is 0. The van der Waals surface area contributed by atoms with Gasteiger partial charge in [0.2, 0.25) is 11.9 Å². The van der Waals surface area contributed by atoms with Crippen LogP contribution in [0.1, 0.15) is 31.4 Å². The van der Waals surface area contributed by atoms with Gasteiger partial charge in [-0.25, -0.2) is 9.37 Å². The van der Waals surface area contributed by atoms with Gasteiger partial charge in [-0.05, 0) is 30.7 Å². The average molecular weight is 474 g/mol. The van der Waals surface area contributed by atoms with Crippen molar-refractivity contribution in [3.63, 3.8) is 0 Å². The molecule has 0 spiro atoms. The number of halogens is 1. The number of nitrogens with one attached hydrogen (secondary N) is 1. The number of aromatic nitrogens is 2. The first-order chi connectivity index (χ1) is 16.0. The van der Waals surface area contributed by atoms with Crippen LogP contribution in [0.3, 0.4) is 0 Å². The van der Waals surface area contributed by atoms with Crippen LogP contribution < -0.4 is 15.0 Å². The van der Waals surface area contributed by atoms with Crippen LogP contribution in [0.5, 0.6) is 5.75 Å². The third-order valence-corrected chi connectivity index (χ3v) is 7.94. The summed E-state index contributed by atoms with van der Waals surface area (Å²) < 4.78 is 31.8. The Morgan fingerprint density at radius 2 is 1.88 bits per heavy atom. The van der Waals surface area contributed by atoms with Crippen LogP contribution >= 0.6 is 0 Å². The first kappa shape index (κ1) is 22.1. The van der Waals surface area contributed by atoms with Crippen molar-refractivity contribution in [1.82, 2.24) is 14.9 Å². The minimum atomic E-state index is -1.11. The molecule has 1 aromatic carbocycles. The van der Waals surface area contributed by atoms with E-state index < -0.39 is 10.8 Å². The Balaban J connectivity index is 1.29. The Labute approximate surface area is 195 Å². The first-order valence-corrected chi connectivity index (χ1v) is 12.7. The van der Waals surface area contributed by atoms with Gasteiger partial charge in [-0.2, -0.15) is 4.98 Å². The molecule has 33 heavy (non-hydrogen) atoms. The highest BCUT2D eigenvalue weighted by Crippen LogP contribution is 2.32. The van der Waals surface area contributed by atoms with Gasteiger partial charge in [0, 0.05) is 64.2 Å². The van der Waals surface area contributed by atoms with E-state index in [9.17, 15) is 13.4 Å². The van der Waals surface area contributed by atoms with Crippen LogP contribution in [-0.4, -0.2) is 69.6 Å². The van der Waals surface area contributed by atoms with Crippen LogP contribution in [0, 0.1) is 5.82 Å². The smallest absolute Gasteiger partial charge is 0.227 e. The number of likely N-dealkylation sites (N-methyl/N-ethyl adjacent to an activating group) is 1. The van der Waals surface area contributed by atoms with E-state index in [4.69, 9.17) is 14.7 Å². The van der Waals surface area contributed by atoms with Gasteiger partial charge in [-0.15, -0.1) is 0 Å². The van der Waals surface area contributed by atoms with Gasteiger partial charge in [0.05, 0.1) is 16.5 Å². The number of hydrogen-bond acceptors (Lipinski definition) is 7. The Bertz CT molecular complexity index is 1060. The molecule has 5 rings (SSSR count). The van der Waals surface area contributed by atoms with E-state index in [1.165, 1.54) is 12.1 Å². The van der Waals surface area contributed by atoms with E-state index in [0.29, 0.717) is 47.6 Å². The number of anilines is 2. The predicted molar refractivity (Wildman–Crippen MR) is 124 cm³/mol. The number of hydrogen-bond donors (Lipinski definition) is 1. The number of aryl methyl sites for hydroxylation is 1. The van der Waals surface area contributed by atoms with E-state index in [2.05, 4.69) is 10.2 Å². The zero-order chi connectivity index (χ0) is 22.9. The molecule has 3 aliphatic rings. The number of nitrogens with zero attached hydrogens (tertiary/aromatic N) is 4. The second-order valence-electron chi connectivity index (χ2n) is 8.86. The summed E-state index contributed by atoms with van der Waals surface area (Å²) in [6, 6.07) is 6.19. The number of carbonyl (C=O) groups is 1. The number of ether oxygens (including phenoxy) is 1. The van der Waals surface area contributed by atoms with E-state index in [0.717, 1.165) is 38.0 Å². The summed E-state index contributed by atoms with van der Waals surface area (Å²) in [5.41, 5.74) is 0.853. The lowest BCUT2D eigenvalue weighted by atomic mass is 10.1. The second-order valence-corrected chi connectivity index (χ2v) is 10.4. The van der Waals surface area contributed by atoms with E-state index in [-0.39, 0.29) is 23.9 Å². The normalized spacial score (nSPS) is 23.5. The van der Waals surface area contributed by atoms with Gasteiger partial charge < -0.3 is 19.9 Å². The maximum Gasteiger partial charge on any atom is 0.227 e. The number of fused-ring (bicyclic) bond motifs is 1. The van der Waals surface area contributed by atoms with E-state index >= 15 is 0 Å². The molecule has 2 saturated heterocycles. The molecule has 0 saturated carbocycles. The lowest BCUT2D eigenvalue weighted by Gasteiger charge is -2.33. The number of likely N-dealkylation sites (tertiary alicyclic amines) is 1. The molecule has 10 heteroatoms. The maximum atomic E-state index is 13.1. The molecule has 1 amide bonds. The molecule has 1 aromatic heterocycles. The third kappa shape index (κ3) is 4.80. The van der Waals surface area contributed by atoms with Crippen molar-refractivity contribution < 1.29 is 18.1 Å². The molecule has 0 aliphatic carbocycles. The summed E-state index contributed by atoms with van der Waals surface area (Å²) in [4.78, 5) is 26.0. The number of rotatable bonds is 5. The molecule has 2 fully saturated rings. The van der Waals surface area contributed by atoms with Crippen molar-refractivity contribution >= 4 is 28.5 Å². The summed E-state index contributed by atoms with van der Waals surface area (Å²) in [5, 5.41) is 3.47. The number of carbonyl (C=O) groups excluding carboxylic acids is 1. The van der Waals surface area contributed by atoms with Gasteiger partial charge in [-0.1, -0.05) is 0 Å². The largest absolute Gasteiger partial charge is 0.490 e. The summed E-state index contributed by atoms with van der Waals surface area (Å²) in [6.45, 7) is 2.09. The van der Waals surface area contributed by atoms with Crippen molar-refractivity contribution in [2.75, 3.05) is 42.7 Å². The number of amides is 1. The SMILES string of the molecule is CN1CC(Nc2nc(N3CCC(Oc4ccc(F)cc4)CC3)nc3c2[S@@](=O)CC3)CCC1=O. The van der Waals surface area contributed by atoms with Gasteiger partial charge in [-0.3, -0.25) is 9.00 Å². The molecule has 2 aromatic rings. The summed E-state index contributed by atoms with van der Waals surface area (Å²) in [6.07, 6.45) is 3.58. The van der Waals surface area contributed by atoms with Crippen molar-refractivity contribution in [3.05, 3.63) is 35.8 Å². The highest BCUT2D eigenvalue weighted by molar-refractivity contribution is 7.85. The fourth-order valence-electron chi connectivity index (χ4n) is 4.63. The molecule has 0 radical (unpaired) electrons. The Kier molecular flexibility index (Phi) is 6.18. The predicted octanol–water partition coefficient (Wildman–Crippen LogP) is 2.36. The van der Waals surface area contributed by atoms with E-state index in [1.807, 2.05) is 7.05 Å². The lowest BCUT2D eigenvalue weighted by molar-refractivity contribution is -0.132. The standard InChI is InChI=1S/C23H28FN5O3S/c1-28-14-16(4-7-20(28)30)25-22-21-19(10-13-33(21)31)26-23(27-22)29-11-8-18(9-12-29)32-17-5-2-15(24)3-6-17/h2-3,5-6,16,18H,4,7-14H2,1H3,(H,25,26,27)/t16?,33-/m0/s1. The first-order valence-electron chi connectivity index (χ1n) is 11.4. The molecule has 2 atom stereocenters. The quantitative estimate of drug-likeness (QED) is 0.713. The summed E-state index contributed by atoms with van der Waals surface area (Å²) in [5.74, 6) is 2.41. The van der Waals surface area contributed by atoms with Gasteiger partial charge >= 0.3 is 0 Å². The number of benzene rings is 1. The average Bonchev–Trinajstić information content (AvgIpc) is 3.19. The van der Waals surface area contributed by atoms with Gasteiger partial charge in [0.1, 0.15) is 28.4 Å². The minimum Gasteiger partial charge on any atom is -0.490 e. The molecule has 4 heterocycles. The molecule has 3 aliphatic heterocycles. The molecular weight excluding hydrogens is 445 g/mol. The fraction of sp³-hybridized carbons (Fsp3) is 0.522. The van der Waals surface area contributed by atoms with Crippen LogP contribution in [0.25, 0.3) is 0 Å². The van der Waals surface area contributed by atoms with Crippen LogP contribution in [0.2, 0.25) is 0 Å². The lowest BCUT2D eigenvalue weighted by Crippen LogP contribution is -2.43. The molecule has 176 valence electrons. The molecular formula is C23H28FN5O3S. The monoisotopic (exact) mass is 473 g/mol. The van der Waals surface area contributed by atoms with Crippen molar-refractivity contribution in [2.24, 2.45) is 0 Å². The molecule has 1 N–H and O–H groups in total. The second kappa shape index (κ2) is 9.24. The van der Waals surface area contributed by atoms with Crippen LogP contribution in [0.15, 0.2) is 29.2 Å². The van der Waals surface area contributed by atoms with Crippen molar-refractivity contribution in [3.8, 4) is 5.75 Å².